The second-order valence-corrected chi connectivity index (χ2v) is 5.20. The molecule has 0 spiro atoms. The number of benzene rings is 1. The zero-order chi connectivity index (χ0) is 11.8. The lowest BCUT2D eigenvalue weighted by Crippen LogP contribution is -2.43. The Morgan fingerprint density at radius 1 is 1.50 bits per heavy atom. The zero-order valence-corrected chi connectivity index (χ0v) is 10.4. The molecule has 16 heavy (non-hydrogen) atoms. The van der Waals surface area contributed by atoms with Crippen LogP contribution in [0.4, 0.5) is 11.4 Å². The van der Waals surface area contributed by atoms with Gasteiger partial charge >= 0.3 is 0 Å². The van der Waals surface area contributed by atoms with Crippen LogP contribution in [0.2, 0.25) is 5.02 Å². The molecule has 2 rings (SSSR count). The summed E-state index contributed by atoms with van der Waals surface area (Å²) in [6.45, 7) is 5.95. The number of halogens is 1. The van der Waals surface area contributed by atoms with Crippen LogP contribution in [0.25, 0.3) is 0 Å². The smallest absolute Gasteiger partial charge is 0.0792 e. The molecule has 0 saturated heterocycles. The van der Waals surface area contributed by atoms with Gasteiger partial charge in [0.2, 0.25) is 0 Å². The zero-order valence-electron chi connectivity index (χ0n) is 9.63. The van der Waals surface area contributed by atoms with Gasteiger partial charge < -0.3 is 15.3 Å². The van der Waals surface area contributed by atoms with Gasteiger partial charge in [-0.2, -0.15) is 0 Å². The van der Waals surface area contributed by atoms with E-state index < -0.39 is 5.60 Å². The molecule has 1 aliphatic rings. The van der Waals surface area contributed by atoms with E-state index in [2.05, 4.69) is 10.2 Å². The van der Waals surface area contributed by atoms with Gasteiger partial charge in [0.05, 0.1) is 22.0 Å². The Balaban J connectivity index is 2.32. The van der Waals surface area contributed by atoms with Crippen LogP contribution in [-0.4, -0.2) is 30.3 Å². The summed E-state index contributed by atoms with van der Waals surface area (Å²) in [6.07, 6.45) is 0. The summed E-state index contributed by atoms with van der Waals surface area (Å²) >= 11 is 6.20. The van der Waals surface area contributed by atoms with Crippen LogP contribution in [-0.2, 0) is 0 Å². The fraction of sp³-hybridized carbons (Fsp3) is 0.500. The Hall–Kier alpha value is -0.930. The average Bonchev–Trinajstić information content (AvgIpc) is 2.15. The third kappa shape index (κ3) is 2.42. The minimum Gasteiger partial charge on any atom is -0.389 e. The van der Waals surface area contributed by atoms with Gasteiger partial charge in [-0.1, -0.05) is 17.7 Å². The highest BCUT2D eigenvalue weighted by Crippen LogP contribution is 2.36. The van der Waals surface area contributed by atoms with Crippen molar-refractivity contribution in [2.24, 2.45) is 0 Å². The van der Waals surface area contributed by atoms with Gasteiger partial charge in [-0.05, 0) is 26.0 Å². The summed E-state index contributed by atoms with van der Waals surface area (Å²) in [6, 6.07) is 5.82. The number of para-hydroxylation sites is 1. The van der Waals surface area contributed by atoms with Crippen molar-refractivity contribution in [2.75, 3.05) is 29.9 Å². The highest BCUT2D eigenvalue weighted by atomic mass is 35.5. The Bertz CT molecular complexity index is 387. The van der Waals surface area contributed by atoms with Crippen LogP contribution in [0.3, 0.4) is 0 Å². The van der Waals surface area contributed by atoms with Crippen LogP contribution in [0, 0.1) is 0 Å². The average molecular weight is 241 g/mol. The molecule has 0 radical (unpaired) electrons. The molecule has 0 aromatic heterocycles. The molecule has 0 unspecified atom stereocenters. The van der Waals surface area contributed by atoms with E-state index in [1.165, 1.54) is 0 Å². The van der Waals surface area contributed by atoms with Crippen molar-refractivity contribution in [1.29, 1.82) is 0 Å². The van der Waals surface area contributed by atoms with E-state index in [1.807, 2.05) is 32.0 Å². The Labute approximate surface area is 101 Å². The molecular weight excluding hydrogens is 224 g/mol. The van der Waals surface area contributed by atoms with Gasteiger partial charge in [-0.15, -0.1) is 0 Å². The summed E-state index contributed by atoms with van der Waals surface area (Å²) in [7, 11) is 0. The van der Waals surface area contributed by atoms with E-state index in [0.29, 0.717) is 6.54 Å². The van der Waals surface area contributed by atoms with E-state index in [4.69, 9.17) is 11.6 Å². The summed E-state index contributed by atoms with van der Waals surface area (Å²) < 4.78 is 0. The monoisotopic (exact) mass is 240 g/mol. The van der Waals surface area contributed by atoms with Crippen molar-refractivity contribution < 1.29 is 5.11 Å². The number of nitrogens with zero attached hydrogens (tertiary/aromatic N) is 1. The van der Waals surface area contributed by atoms with Crippen molar-refractivity contribution in [3.8, 4) is 0 Å². The molecule has 0 aliphatic carbocycles. The molecule has 0 atom stereocenters. The molecule has 0 saturated carbocycles. The third-order valence-electron chi connectivity index (χ3n) is 2.58. The Morgan fingerprint density at radius 2 is 2.25 bits per heavy atom. The second kappa shape index (κ2) is 4.15. The summed E-state index contributed by atoms with van der Waals surface area (Å²) in [4.78, 5) is 2.13. The first kappa shape index (κ1) is 11.6. The molecule has 88 valence electrons. The first-order valence-corrected chi connectivity index (χ1v) is 5.85. The number of anilines is 2. The van der Waals surface area contributed by atoms with Gasteiger partial charge in [-0.3, -0.25) is 0 Å². The van der Waals surface area contributed by atoms with E-state index in [0.717, 1.165) is 29.5 Å². The standard InChI is InChI=1S/C12H17ClN2O/c1-12(2,16)8-15-7-6-14-10-5-3-4-9(13)11(10)15/h3-5,14,16H,6-8H2,1-2H3. The van der Waals surface area contributed by atoms with Gasteiger partial charge in [0, 0.05) is 19.6 Å². The fourth-order valence-electron chi connectivity index (χ4n) is 2.04. The highest BCUT2D eigenvalue weighted by molar-refractivity contribution is 6.34. The van der Waals surface area contributed by atoms with Crippen molar-refractivity contribution in [2.45, 2.75) is 19.4 Å². The third-order valence-corrected chi connectivity index (χ3v) is 2.88. The summed E-state index contributed by atoms with van der Waals surface area (Å²) in [5.74, 6) is 0. The van der Waals surface area contributed by atoms with Crippen molar-refractivity contribution in [3.05, 3.63) is 23.2 Å². The first-order valence-electron chi connectivity index (χ1n) is 5.47. The van der Waals surface area contributed by atoms with Crippen molar-refractivity contribution in [3.63, 3.8) is 0 Å². The summed E-state index contributed by atoms with van der Waals surface area (Å²) in [5.41, 5.74) is 1.33. The maximum absolute atomic E-state index is 9.88. The van der Waals surface area contributed by atoms with E-state index in [-0.39, 0.29) is 0 Å². The van der Waals surface area contributed by atoms with Gasteiger partial charge in [0.15, 0.2) is 0 Å². The van der Waals surface area contributed by atoms with Crippen LogP contribution < -0.4 is 10.2 Å². The largest absolute Gasteiger partial charge is 0.389 e. The molecule has 0 fully saturated rings. The maximum atomic E-state index is 9.88. The number of rotatable bonds is 2. The molecule has 1 aromatic carbocycles. The summed E-state index contributed by atoms with van der Waals surface area (Å²) in [5, 5.41) is 13.9. The molecule has 1 aromatic rings. The number of fused-ring (bicyclic) bond motifs is 1. The molecule has 1 aliphatic heterocycles. The van der Waals surface area contributed by atoms with Crippen LogP contribution in [0.15, 0.2) is 18.2 Å². The van der Waals surface area contributed by atoms with Crippen LogP contribution in [0.1, 0.15) is 13.8 Å². The van der Waals surface area contributed by atoms with Crippen molar-refractivity contribution in [1.82, 2.24) is 0 Å². The van der Waals surface area contributed by atoms with Crippen LogP contribution in [0.5, 0.6) is 0 Å². The van der Waals surface area contributed by atoms with Crippen molar-refractivity contribution >= 4 is 23.0 Å². The van der Waals surface area contributed by atoms with Gasteiger partial charge in [-0.25, -0.2) is 0 Å². The molecule has 0 amide bonds. The topological polar surface area (TPSA) is 35.5 Å². The lowest BCUT2D eigenvalue weighted by molar-refractivity contribution is 0.0874. The quantitative estimate of drug-likeness (QED) is 0.833. The Kier molecular flexibility index (Phi) is 3.00. The van der Waals surface area contributed by atoms with E-state index >= 15 is 0 Å². The number of nitrogens with one attached hydrogen (secondary N) is 1. The van der Waals surface area contributed by atoms with E-state index in [9.17, 15) is 5.11 Å². The number of aliphatic hydroxyl groups is 1. The van der Waals surface area contributed by atoms with Crippen LogP contribution >= 0.6 is 11.6 Å². The SMILES string of the molecule is CC(C)(O)CN1CCNc2cccc(Cl)c21. The molecule has 1 heterocycles. The van der Waals surface area contributed by atoms with Gasteiger partial charge in [0.1, 0.15) is 0 Å². The maximum Gasteiger partial charge on any atom is 0.0792 e. The minimum absolute atomic E-state index is 0.589. The minimum atomic E-state index is -0.715. The molecular formula is C12H17ClN2O. The lowest BCUT2D eigenvalue weighted by atomic mass is 10.1. The first-order chi connectivity index (χ1) is 7.47. The number of hydrogen-bond donors (Lipinski definition) is 2. The fourth-order valence-corrected chi connectivity index (χ4v) is 2.34. The molecule has 0 bridgehead atoms. The second-order valence-electron chi connectivity index (χ2n) is 4.80. The van der Waals surface area contributed by atoms with E-state index in [1.54, 1.807) is 0 Å². The Morgan fingerprint density at radius 3 is 2.94 bits per heavy atom. The predicted molar refractivity (Wildman–Crippen MR) is 68.5 cm³/mol. The number of β-amino-alcohol motifs (C(OH)–C–C–N with tert-alkyl or cyclic N) is 1. The normalized spacial score (nSPS) is 15.6. The highest BCUT2D eigenvalue weighted by Gasteiger charge is 2.24. The molecule has 4 heteroatoms. The molecule has 2 N–H and O–H groups in total. The molecule has 3 nitrogen and oxygen atoms in total. The predicted octanol–water partition coefficient (Wildman–Crippen LogP) is 2.34. The van der Waals surface area contributed by atoms with Gasteiger partial charge in [0.25, 0.3) is 0 Å². The number of hydrogen-bond acceptors (Lipinski definition) is 3. The lowest BCUT2D eigenvalue weighted by Gasteiger charge is -2.36.